The lowest BCUT2D eigenvalue weighted by Gasteiger charge is -2.36. The number of carbonyl (C=O) groups excluding carboxylic acids is 2. The minimum atomic E-state index is -0.302. The second-order valence-electron chi connectivity index (χ2n) is 6.46. The number of nitrogens with zero attached hydrogens (tertiary/aromatic N) is 3. The zero-order chi connectivity index (χ0) is 16.7. The van der Waals surface area contributed by atoms with Gasteiger partial charge in [-0.3, -0.25) is 9.69 Å². The topological polar surface area (TPSA) is 78.5 Å². The third-order valence-corrected chi connectivity index (χ3v) is 5.12. The molecule has 0 aliphatic carbocycles. The molecule has 0 bridgehead atoms. The van der Waals surface area contributed by atoms with Crippen LogP contribution in [0.25, 0.3) is 11.0 Å². The van der Waals surface area contributed by atoms with E-state index in [9.17, 15) is 9.59 Å². The van der Waals surface area contributed by atoms with Gasteiger partial charge in [0.05, 0.1) is 23.4 Å². The highest BCUT2D eigenvalue weighted by atomic mass is 16.6. The Bertz CT molecular complexity index is 779. The van der Waals surface area contributed by atoms with Crippen LogP contribution in [0, 0.1) is 5.92 Å². The van der Waals surface area contributed by atoms with Crippen LogP contribution in [0.1, 0.15) is 19.8 Å². The van der Waals surface area contributed by atoms with Gasteiger partial charge in [0, 0.05) is 25.7 Å². The van der Waals surface area contributed by atoms with Gasteiger partial charge in [0.25, 0.3) is 0 Å². The molecule has 4 rings (SSSR count). The number of aromatic nitrogens is 2. The largest absolute Gasteiger partial charge is 0.447 e. The Kier molecular flexibility index (Phi) is 3.63. The Labute approximate surface area is 139 Å². The van der Waals surface area contributed by atoms with Crippen molar-refractivity contribution in [2.45, 2.75) is 25.8 Å². The molecule has 2 aliphatic rings. The Morgan fingerprint density at radius 2 is 2.12 bits per heavy atom. The van der Waals surface area contributed by atoms with E-state index in [4.69, 9.17) is 4.74 Å². The van der Waals surface area contributed by atoms with E-state index in [1.54, 1.807) is 18.2 Å². The molecule has 126 valence electrons. The maximum Gasteiger partial charge on any atom is 0.414 e. The number of benzene rings is 1. The van der Waals surface area contributed by atoms with Crippen molar-refractivity contribution >= 4 is 28.7 Å². The number of hydrogen-bond acceptors (Lipinski definition) is 4. The Hall–Kier alpha value is -2.57. The van der Waals surface area contributed by atoms with E-state index in [-0.39, 0.29) is 18.0 Å². The molecule has 1 N–H and O–H groups in total. The molecular weight excluding hydrogens is 308 g/mol. The molecule has 0 spiro atoms. The van der Waals surface area contributed by atoms with Crippen molar-refractivity contribution < 1.29 is 14.3 Å². The third kappa shape index (κ3) is 2.50. The molecule has 2 amide bonds. The minimum Gasteiger partial charge on any atom is -0.447 e. The van der Waals surface area contributed by atoms with E-state index < -0.39 is 0 Å². The summed E-state index contributed by atoms with van der Waals surface area (Å²) in [7, 11) is 0. The number of ether oxygens (including phenoxy) is 1. The van der Waals surface area contributed by atoms with Crippen molar-refractivity contribution in [1.82, 2.24) is 14.9 Å². The standard InChI is InChI=1S/C17H20N4O3/c1-11(22)20-6-4-12(5-7-20)16-9-24-17(23)21(16)13-2-3-14-15(8-13)19-10-18-14/h2-3,8,10,12,16H,4-7,9H2,1H3,(H,18,19). The maximum atomic E-state index is 12.3. The molecular formula is C17H20N4O3. The molecule has 1 aromatic carbocycles. The number of amides is 2. The van der Waals surface area contributed by atoms with Crippen LogP contribution in [-0.4, -0.2) is 52.6 Å². The summed E-state index contributed by atoms with van der Waals surface area (Å²) in [4.78, 5) is 34.7. The SMILES string of the molecule is CC(=O)N1CCC(C2COC(=O)N2c2ccc3[nH]cnc3c2)CC1. The number of cyclic esters (lactones) is 1. The van der Waals surface area contributed by atoms with Gasteiger partial charge in [-0.15, -0.1) is 0 Å². The monoisotopic (exact) mass is 328 g/mol. The molecule has 1 aromatic heterocycles. The number of hydrogen-bond donors (Lipinski definition) is 1. The number of piperidine rings is 1. The first-order valence-corrected chi connectivity index (χ1v) is 8.28. The highest BCUT2D eigenvalue weighted by Crippen LogP contribution is 2.33. The predicted molar refractivity (Wildman–Crippen MR) is 88.7 cm³/mol. The highest BCUT2D eigenvalue weighted by molar-refractivity contribution is 5.93. The molecule has 0 saturated carbocycles. The zero-order valence-corrected chi connectivity index (χ0v) is 13.6. The summed E-state index contributed by atoms with van der Waals surface area (Å²) in [5.41, 5.74) is 2.59. The second-order valence-corrected chi connectivity index (χ2v) is 6.46. The van der Waals surface area contributed by atoms with Gasteiger partial charge in [0.15, 0.2) is 0 Å². The summed E-state index contributed by atoms with van der Waals surface area (Å²) >= 11 is 0. The molecule has 7 heteroatoms. The van der Waals surface area contributed by atoms with Gasteiger partial charge in [-0.2, -0.15) is 0 Å². The molecule has 0 radical (unpaired) electrons. The van der Waals surface area contributed by atoms with Crippen molar-refractivity contribution in [2.24, 2.45) is 5.92 Å². The first-order valence-electron chi connectivity index (χ1n) is 8.28. The van der Waals surface area contributed by atoms with Gasteiger partial charge >= 0.3 is 6.09 Å². The number of H-pyrrole nitrogens is 1. The molecule has 2 saturated heterocycles. The van der Waals surface area contributed by atoms with Crippen molar-refractivity contribution in [3.8, 4) is 0 Å². The number of rotatable bonds is 2. The summed E-state index contributed by atoms with van der Waals surface area (Å²) in [5.74, 6) is 0.454. The van der Waals surface area contributed by atoms with Gasteiger partial charge < -0.3 is 14.6 Å². The molecule has 1 atom stereocenters. The normalized spacial score (nSPS) is 22.2. The van der Waals surface area contributed by atoms with E-state index in [2.05, 4.69) is 9.97 Å². The molecule has 2 aliphatic heterocycles. The van der Waals surface area contributed by atoms with Gasteiger partial charge in [0.2, 0.25) is 5.91 Å². The van der Waals surface area contributed by atoms with Crippen molar-refractivity contribution in [2.75, 3.05) is 24.6 Å². The fourth-order valence-corrected chi connectivity index (χ4v) is 3.75. The number of fused-ring (bicyclic) bond motifs is 1. The second kappa shape index (κ2) is 5.81. The zero-order valence-electron chi connectivity index (χ0n) is 13.6. The lowest BCUT2D eigenvalue weighted by Crippen LogP contribution is -2.45. The lowest BCUT2D eigenvalue weighted by atomic mass is 9.89. The first-order chi connectivity index (χ1) is 11.6. The molecule has 7 nitrogen and oxygen atoms in total. The summed E-state index contributed by atoms with van der Waals surface area (Å²) in [6, 6.07) is 5.78. The molecule has 24 heavy (non-hydrogen) atoms. The quantitative estimate of drug-likeness (QED) is 0.916. The minimum absolute atomic E-state index is 0.0167. The van der Waals surface area contributed by atoms with Gasteiger partial charge in [-0.05, 0) is 37.0 Å². The van der Waals surface area contributed by atoms with Crippen LogP contribution in [0.4, 0.5) is 10.5 Å². The Balaban J connectivity index is 1.57. The van der Waals surface area contributed by atoms with Crippen LogP contribution < -0.4 is 4.90 Å². The Morgan fingerprint density at radius 1 is 1.33 bits per heavy atom. The first kappa shape index (κ1) is 15.0. The fraction of sp³-hybridized carbons (Fsp3) is 0.471. The summed E-state index contributed by atoms with van der Waals surface area (Å²) in [6.45, 7) is 3.50. The molecule has 1 unspecified atom stereocenters. The molecule has 3 heterocycles. The smallest absolute Gasteiger partial charge is 0.414 e. The lowest BCUT2D eigenvalue weighted by molar-refractivity contribution is -0.130. The summed E-state index contributed by atoms with van der Waals surface area (Å²) < 4.78 is 5.33. The van der Waals surface area contributed by atoms with Crippen molar-refractivity contribution in [3.05, 3.63) is 24.5 Å². The number of nitrogens with one attached hydrogen (secondary N) is 1. The van der Waals surface area contributed by atoms with Crippen LogP contribution in [-0.2, 0) is 9.53 Å². The van der Waals surface area contributed by atoms with Crippen molar-refractivity contribution in [3.63, 3.8) is 0 Å². The van der Waals surface area contributed by atoms with Gasteiger partial charge in [-0.1, -0.05) is 0 Å². The highest BCUT2D eigenvalue weighted by Gasteiger charge is 2.40. The predicted octanol–water partition coefficient (Wildman–Crippen LogP) is 2.15. The van der Waals surface area contributed by atoms with E-state index in [1.807, 2.05) is 23.1 Å². The van der Waals surface area contributed by atoms with Crippen LogP contribution in [0.15, 0.2) is 24.5 Å². The Morgan fingerprint density at radius 3 is 2.88 bits per heavy atom. The van der Waals surface area contributed by atoms with Crippen LogP contribution in [0.3, 0.4) is 0 Å². The van der Waals surface area contributed by atoms with Crippen molar-refractivity contribution in [1.29, 1.82) is 0 Å². The van der Waals surface area contributed by atoms with E-state index in [0.717, 1.165) is 42.7 Å². The average molecular weight is 328 g/mol. The summed E-state index contributed by atoms with van der Waals surface area (Å²) in [5, 5.41) is 0. The number of aromatic amines is 1. The number of likely N-dealkylation sites (tertiary alicyclic amines) is 1. The van der Waals surface area contributed by atoms with Gasteiger partial charge in [-0.25, -0.2) is 9.78 Å². The summed E-state index contributed by atoms with van der Waals surface area (Å²) in [6.07, 6.45) is 3.12. The molecule has 2 aromatic rings. The number of imidazole rings is 1. The fourth-order valence-electron chi connectivity index (χ4n) is 3.75. The third-order valence-electron chi connectivity index (χ3n) is 5.12. The number of carbonyl (C=O) groups is 2. The maximum absolute atomic E-state index is 12.3. The number of anilines is 1. The van der Waals surface area contributed by atoms with Crippen LogP contribution in [0.2, 0.25) is 0 Å². The van der Waals surface area contributed by atoms with E-state index in [0.29, 0.717) is 12.5 Å². The molecule has 2 fully saturated rings. The van der Waals surface area contributed by atoms with Gasteiger partial charge in [0.1, 0.15) is 6.61 Å². The van der Waals surface area contributed by atoms with Crippen LogP contribution >= 0.6 is 0 Å². The van der Waals surface area contributed by atoms with E-state index in [1.165, 1.54) is 0 Å². The average Bonchev–Trinajstić information content (AvgIpc) is 3.20. The van der Waals surface area contributed by atoms with Crippen LogP contribution in [0.5, 0.6) is 0 Å². The van der Waals surface area contributed by atoms with E-state index >= 15 is 0 Å².